The van der Waals surface area contributed by atoms with E-state index in [1.54, 1.807) is 0 Å². The van der Waals surface area contributed by atoms with Crippen LogP contribution < -0.4 is 0 Å². The molecule has 0 heterocycles. The lowest BCUT2D eigenvalue weighted by molar-refractivity contribution is 0.237. The Labute approximate surface area is 80.7 Å². The molecular weight excluding hydrogens is 211 g/mol. The first-order chi connectivity index (χ1) is 6.32. The van der Waals surface area contributed by atoms with E-state index in [0.717, 1.165) is 18.2 Å². The van der Waals surface area contributed by atoms with E-state index in [-0.39, 0.29) is 11.1 Å². The fourth-order valence-corrected chi connectivity index (χ4v) is 1.66. The molecule has 1 atom stereocenters. The van der Waals surface area contributed by atoms with Gasteiger partial charge in [-0.2, -0.15) is 8.42 Å². The van der Waals surface area contributed by atoms with Gasteiger partial charge in [0.2, 0.25) is 5.44 Å². The molecule has 1 aromatic carbocycles. The van der Waals surface area contributed by atoms with Gasteiger partial charge in [0, 0.05) is 5.56 Å². The lowest BCUT2D eigenvalue weighted by Gasteiger charge is -2.10. The van der Waals surface area contributed by atoms with Gasteiger partial charge in [-0.15, -0.1) is 0 Å². The highest BCUT2D eigenvalue weighted by Crippen LogP contribution is 2.22. The molecule has 4 nitrogen and oxygen atoms in total. The molecule has 1 aromatic rings. The molecule has 0 bridgehead atoms. The van der Waals surface area contributed by atoms with Crippen molar-refractivity contribution < 1.29 is 22.5 Å². The van der Waals surface area contributed by atoms with Gasteiger partial charge in [-0.3, -0.25) is 4.55 Å². The number of aliphatic hydroxyl groups excluding tert-OH is 1. The molecule has 0 aliphatic rings. The molecule has 0 saturated heterocycles. The fourth-order valence-electron chi connectivity index (χ4n) is 1.08. The highest BCUT2D eigenvalue weighted by atomic mass is 32.2. The summed E-state index contributed by atoms with van der Waals surface area (Å²) in [6, 6.07) is 3.20. The van der Waals surface area contributed by atoms with E-state index in [2.05, 4.69) is 0 Å². The number of benzene rings is 1. The first-order valence-corrected chi connectivity index (χ1v) is 5.23. The Balaban J connectivity index is 3.21. The van der Waals surface area contributed by atoms with Gasteiger partial charge in [0.05, 0.1) is 0 Å². The summed E-state index contributed by atoms with van der Waals surface area (Å²) in [4.78, 5) is 0. The Hall–Kier alpha value is -0.980. The van der Waals surface area contributed by atoms with Crippen molar-refractivity contribution in [3.63, 3.8) is 0 Å². The van der Waals surface area contributed by atoms with E-state index in [0.29, 0.717) is 0 Å². The van der Waals surface area contributed by atoms with Crippen LogP contribution in [0.1, 0.15) is 16.6 Å². The van der Waals surface area contributed by atoms with Gasteiger partial charge < -0.3 is 5.11 Å². The summed E-state index contributed by atoms with van der Waals surface area (Å²) >= 11 is 0. The van der Waals surface area contributed by atoms with E-state index < -0.39 is 21.4 Å². The van der Waals surface area contributed by atoms with Crippen LogP contribution >= 0.6 is 0 Å². The minimum absolute atomic E-state index is 0.0334. The van der Waals surface area contributed by atoms with Crippen LogP contribution in [-0.2, 0) is 10.1 Å². The summed E-state index contributed by atoms with van der Waals surface area (Å²) in [6.07, 6.45) is 0. The lowest BCUT2D eigenvalue weighted by atomic mass is 10.1. The van der Waals surface area contributed by atoms with Gasteiger partial charge >= 0.3 is 0 Å². The van der Waals surface area contributed by atoms with Crippen molar-refractivity contribution in [2.24, 2.45) is 0 Å². The zero-order valence-corrected chi connectivity index (χ0v) is 8.12. The van der Waals surface area contributed by atoms with E-state index in [9.17, 15) is 12.8 Å². The largest absolute Gasteiger partial charge is 0.371 e. The highest BCUT2D eigenvalue weighted by molar-refractivity contribution is 7.85. The average molecular weight is 220 g/mol. The predicted molar refractivity (Wildman–Crippen MR) is 47.6 cm³/mol. The normalized spacial score (nSPS) is 14.0. The zero-order chi connectivity index (χ0) is 10.9. The van der Waals surface area contributed by atoms with E-state index in [4.69, 9.17) is 9.66 Å². The van der Waals surface area contributed by atoms with Crippen molar-refractivity contribution in [2.45, 2.75) is 12.4 Å². The number of aryl methyl sites for hydroxylation is 1. The second-order valence-corrected chi connectivity index (χ2v) is 4.34. The summed E-state index contributed by atoms with van der Waals surface area (Å²) < 4.78 is 42.3. The Morgan fingerprint density at radius 1 is 1.43 bits per heavy atom. The Morgan fingerprint density at radius 2 is 2.00 bits per heavy atom. The minimum Gasteiger partial charge on any atom is -0.371 e. The summed E-state index contributed by atoms with van der Waals surface area (Å²) in [5, 5.41) is 9.17. The highest BCUT2D eigenvalue weighted by Gasteiger charge is 2.23. The summed E-state index contributed by atoms with van der Waals surface area (Å²) in [5.74, 6) is -0.534. The lowest BCUT2D eigenvalue weighted by Crippen LogP contribution is -2.12. The molecule has 0 radical (unpaired) electrons. The maximum Gasteiger partial charge on any atom is 0.296 e. The molecule has 6 heteroatoms. The number of rotatable bonds is 2. The second kappa shape index (κ2) is 3.64. The van der Waals surface area contributed by atoms with Gasteiger partial charge in [-0.25, -0.2) is 4.39 Å². The van der Waals surface area contributed by atoms with Crippen molar-refractivity contribution in [1.29, 1.82) is 0 Å². The van der Waals surface area contributed by atoms with Gasteiger partial charge in [-0.05, 0) is 24.6 Å². The van der Waals surface area contributed by atoms with Crippen molar-refractivity contribution in [3.05, 3.63) is 35.1 Å². The smallest absolute Gasteiger partial charge is 0.296 e. The molecule has 1 rings (SSSR count). The van der Waals surface area contributed by atoms with Gasteiger partial charge in [0.15, 0.2) is 0 Å². The van der Waals surface area contributed by atoms with Crippen LogP contribution in [-0.4, -0.2) is 18.1 Å². The quantitative estimate of drug-likeness (QED) is 0.729. The van der Waals surface area contributed by atoms with Gasteiger partial charge in [-0.1, -0.05) is 6.07 Å². The number of hydrogen-bond acceptors (Lipinski definition) is 3. The zero-order valence-electron chi connectivity index (χ0n) is 7.31. The van der Waals surface area contributed by atoms with Crippen LogP contribution in [0.5, 0.6) is 0 Å². The summed E-state index contributed by atoms with van der Waals surface area (Å²) in [6.45, 7) is 1.44. The fraction of sp³-hybridized carbons (Fsp3) is 0.250. The Bertz CT molecular complexity index is 441. The Kier molecular flexibility index (Phi) is 2.89. The van der Waals surface area contributed by atoms with Crippen LogP contribution in [0, 0.1) is 12.7 Å². The average Bonchev–Trinajstić information content (AvgIpc) is 2.01. The molecule has 0 aliphatic carbocycles. The summed E-state index contributed by atoms with van der Waals surface area (Å²) in [7, 11) is -4.56. The molecule has 1 unspecified atom stereocenters. The van der Waals surface area contributed by atoms with Crippen molar-refractivity contribution in [1.82, 2.24) is 0 Å². The monoisotopic (exact) mass is 220 g/mol. The molecule has 78 valence electrons. The van der Waals surface area contributed by atoms with Crippen LogP contribution in [0.3, 0.4) is 0 Å². The van der Waals surface area contributed by atoms with Gasteiger partial charge in [0.1, 0.15) is 5.82 Å². The first-order valence-electron chi connectivity index (χ1n) is 3.73. The van der Waals surface area contributed by atoms with Crippen LogP contribution in [0.4, 0.5) is 4.39 Å². The third kappa shape index (κ3) is 2.28. The third-order valence-corrected chi connectivity index (χ3v) is 2.60. The van der Waals surface area contributed by atoms with Gasteiger partial charge in [0.25, 0.3) is 10.1 Å². The van der Waals surface area contributed by atoms with Crippen LogP contribution in [0.2, 0.25) is 0 Å². The van der Waals surface area contributed by atoms with Crippen molar-refractivity contribution in [2.75, 3.05) is 0 Å². The molecule has 14 heavy (non-hydrogen) atoms. The maximum absolute atomic E-state index is 12.6. The molecular formula is C8H9FO4S. The van der Waals surface area contributed by atoms with E-state index in [1.807, 2.05) is 0 Å². The molecule has 0 aliphatic heterocycles. The first kappa shape index (κ1) is 11.1. The standard InChI is InChI=1S/C8H9FO4S/c1-5-4-6(9)2-3-7(5)8(10)14(11,12)13/h2-4,8,10H,1H3,(H,11,12,13). The van der Waals surface area contributed by atoms with E-state index >= 15 is 0 Å². The summed E-state index contributed by atoms with van der Waals surface area (Å²) in [5.41, 5.74) is -1.80. The minimum atomic E-state index is -4.56. The molecule has 0 amide bonds. The topological polar surface area (TPSA) is 74.6 Å². The van der Waals surface area contributed by atoms with Crippen molar-refractivity contribution >= 4 is 10.1 Å². The van der Waals surface area contributed by atoms with Crippen molar-refractivity contribution in [3.8, 4) is 0 Å². The molecule has 0 fully saturated rings. The molecule has 0 saturated carbocycles. The Morgan fingerprint density at radius 3 is 2.43 bits per heavy atom. The third-order valence-electron chi connectivity index (χ3n) is 1.78. The van der Waals surface area contributed by atoms with Crippen LogP contribution in [0.25, 0.3) is 0 Å². The number of hydrogen-bond donors (Lipinski definition) is 2. The molecule has 2 N–H and O–H groups in total. The predicted octanol–water partition coefficient (Wildman–Crippen LogP) is 1.01. The second-order valence-electron chi connectivity index (χ2n) is 2.87. The molecule has 0 spiro atoms. The number of aliphatic hydroxyl groups is 1. The SMILES string of the molecule is Cc1cc(F)ccc1C(O)S(=O)(=O)O. The maximum atomic E-state index is 12.6. The number of halogens is 1. The van der Waals surface area contributed by atoms with E-state index in [1.165, 1.54) is 6.92 Å². The van der Waals surface area contributed by atoms with Crippen LogP contribution in [0.15, 0.2) is 18.2 Å². The molecule has 0 aromatic heterocycles.